The Kier molecular flexibility index (Phi) is 2.82. The molecule has 0 aliphatic carbocycles. The quantitative estimate of drug-likeness (QED) is 0.297. The minimum absolute atomic E-state index is 0.530. The van der Waals surface area contributed by atoms with Gasteiger partial charge >= 0.3 is 0 Å². The zero-order valence-corrected chi connectivity index (χ0v) is 14.7. The van der Waals surface area contributed by atoms with E-state index in [0.29, 0.717) is 5.92 Å². The lowest BCUT2D eigenvalue weighted by Gasteiger charge is -2.09. The van der Waals surface area contributed by atoms with Crippen LogP contribution in [0, 0.1) is 0 Å². The van der Waals surface area contributed by atoms with Crippen molar-refractivity contribution in [3.05, 3.63) is 60.2 Å². The third-order valence-corrected chi connectivity index (χ3v) is 7.06. The third kappa shape index (κ3) is 1.82. The second-order valence-corrected chi connectivity index (χ2v) is 8.50. The Morgan fingerprint density at radius 2 is 1.13 bits per heavy atom. The monoisotopic (exact) mass is 332 g/mol. The lowest BCUT2D eigenvalue weighted by molar-refractivity contribution is 0.888. The molecule has 2 heterocycles. The van der Waals surface area contributed by atoms with E-state index in [1.54, 1.807) is 0 Å². The summed E-state index contributed by atoms with van der Waals surface area (Å²) >= 11 is 3.90. The summed E-state index contributed by atoms with van der Waals surface area (Å²) < 4.78 is 5.73. The van der Waals surface area contributed by atoms with Crippen LogP contribution >= 0.6 is 22.7 Å². The van der Waals surface area contributed by atoms with Gasteiger partial charge in [-0.3, -0.25) is 0 Å². The first-order valence-electron chi connectivity index (χ1n) is 7.99. The number of fused-ring (bicyclic) bond motifs is 6. The first kappa shape index (κ1) is 13.5. The van der Waals surface area contributed by atoms with Gasteiger partial charge in [0.2, 0.25) is 0 Å². The number of hydrogen-bond donors (Lipinski definition) is 0. The molecule has 0 amide bonds. The van der Waals surface area contributed by atoms with Crippen molar-refractivity contribution in [3.63, 3.8) is 0 Å². The van der Waals surface area contributed by atoms with Gasteiger partial charge in [-0.25, -0.2) is 0 Å². The molecule has 5 aromatic rings. The van der Waals surface area contributed by atoms with E-state index < -0.39 is 0 Å². The van der Waals surface area contributed by atoms with Crippen molar-refractivity contribution in [2.24, 2.45) is 0 Å². The van der Waals surface area contributed by atoms with Crippen LogP contribution in [0.4, 0.5) is 0 Å². The molecule has 0 saturated heterocycles. The minimum Gasteiger partial charge on any atom is -0.135 e. The van der Waals surface area contributed by atoms with E-state index in [2.05, 4.69) is 68.4 Å². The van der Waals surface area contributed by atoms with E-state index in [4.69, 9.17) is 0 Å². The molecule has 0 saturated carbocycles. The summed E-state index contributed by atoms with van der Waals surface area (Å²) in [4.78, 5) is 0. The number of rotatable bonds is 1. The summed E-state index contributed by atoms with van der Waals surface area (Å²) in [5, 5.41) is 5.63. The predicted molar refractivity (Wildman–Crippen MR) is 106 cm³/mol. The summed E-state index contributed by atoms with van der Waals surface area (Å²) in [6.07, 6.45) is 0. The highest BCUT2D eigenvalue weighted by atomic mass is 32.1. The van der Waals surface area contributed by atoms with Crippen molar-refractivity contribution in [3.8, 4) is 0 Å². The maximum absolute atomic E-state index is 2.42. The molecule has 0 atom stereocenters. The standard InChI is InChI=1S/C21H16S2/c1-12(2)19-20-15(13-7-3-5-9-17(13)22-20)11-16-14-8-4-6-10-18(14)23-21(16)19/h3-12H,1-2H3. The summed E-state index contributed by atoms with van der Waals surface area (Å²) in [5.41, 5.74) is 1.53. The molecule has 2 heteroatoms. The van der Waals surface area contributed by atoms with E-state index in [0.717, 1.165) is 0 Å². The van der Waals surface area contributed by atoms with Crippen LogP contribution in [-0.2, 0) is 0 Å². The normalized spacial score (nSPS) is 12.3. The number of thiophene rings is 2. The smallest absolute Gasteiger partial charge is 0.0404 e. The molecular formula is C21H16S2. The second kappa shape index (κ2) is 4.80. The Labute approximate surface area is 143 Å². The van der Waals surface area contributed by atoms with Crippen LogP contribution in [0.2, 0.25) is 0 Å². The maximum atomic E-state index is 2.42. The molecule has 0 radical (unpaired) electrons. The molecule has 2 aromatic heterocycles. The van der Waals surface area contributed by atoms with Crippen molar-refractivity contribution in [1.82, 2.24) is 0 Å². The first-order valence-corrected chi connectivity index (χ1v) is 9.62. The third-order valence-electron chi connectivity index (χ3n) is 4.62. The molecule has 0 fully saturated rings. The fraction of sp³-hybridized carbons (Fsp3) is 0.143. The van der Waals surface area contributed by atoms with Gasteiger partial charge in [0.15, 0.2) is 0 Å². The highest BCUT2D eigenvalue weighted by Gasteiger charge is 2.18. The molecule has 112 valence electrons. The van der Waals surface area contributed by atoms with Crippen LogP contribution < -0.4 is 0 Å². The second-order valence-electron chi connectivity index (χ2n) is 6.39. The molecule has 0 bridgehead atoms. The highest BCUT2D eigenvalue weighted by Crippen LogP contribution is 2.46. The fourth-order valence-corrected chi connectivity index (χ4v) is 6.42. The van der Waals surface area contributed by atoms with Crippen molar-refractivity contribution >= 4 is 63.0 Å². The molecule has 0 N–H and O–H groups in total. The van der Waals surface area contributed by atoms with E-state index >= 15 is 0 Å². The van der Waals surface area contributed by atoms with Gasteiger partial charge in [0.25, 0.3) is 0 Å². The zero-order chi connectivity index (χ0) is 15.6. The van der Waals surface area contributed by atoms with Gasteiger partial charge in [-0.05, 0) is 29.7 Å². The molecule has 0 unspecified atom stereocenters. The molecule has 0 spiro atoms. The fourth-order valence-electron chi connectivity index (χ4n) is 3.59. The van der Waals surface area contributed by atoms with Gasteiger partial charge in [-0.2, -0.15) is 0 Å². The molecular weight excluding hydrogens is 316 g/mol. The summed E-state index contributed by atoms with van der Waals surface area (Å²) in [6, 6.07) is 20.0. The Hall–Kier alpha value is -1.90. The van der Waals surface area contributed by atoms with Crippen LogP contribution in [-0.4, -0.2) is 0 Å². The number of hydrogen-bond acceptors (Lipinski definition) is 2. The van der Waals surface area contributed by atoms with Gasteiger partial charge in [0, 0.05) is 40.3 Å². The first-order chi connectivity index (χ1) is 11.2. The van der Waals surface area contributed by atoms with E-state index in [-0.39, 0.29) is 0 Å². The van der Waals surface area contributed by atoms with Crippen LogP contribution in [0.15, 0.2) is 54.6 Å². The van der Waals surface area contributed by atoms with Gasteiger partial charge < -0.3 is 0 Å². The summed E-state index contributed by atoms with van der Waals surface area (Å²) in [5.74, 6) is 0.530. The maximum Gasteiger partial charge on any atom is 0.0404 e. The molecule has 0 aliphatic rings. The van der Waals surface area contributed by atoms with Crippen LogP contribution in [0.1, 0.15) is 25.3 Å². The van der Waals surface area contributed by atoms with Crippen molar-refractivity contribution in [2.45, 2.75) is 19.8 Å². The van der Waals surface area contributed by atoms with Gasteiger partial charge in [-0.15, -0.1) is 22.7 Å². The topological polar surface area (TPSA) is 0 Å². The van der Waals surface area contributed by atoms with E-state index in [1.807, 2.05) is 22.7 Å². The molecule has 3 aromatic carbocycles. The minimum atomic E-state index is 0.530. The summed E-state index contributed by atoms with van der Waals surface area (Å²) in [6.45, 7) is 4.64. The summed E-state index contributed by atoms with van der Waals surface area (Å²) in [7, 11) is 0. The average molecular weight is 332 g/mol. The van der Waals surface area contributed by atoms with Gasteiger partial charge in [0.1, 0.15) is 0 Å². The Bertz CT molecular complexity index is 1100. The number of benzene rings is 3. The molecule has 23 heavy (non-hydrogen) atoms. The SMILES string of the molecule is CC(C)c1c2sc3ccccc3c2cc2c1sc1ccccc12. The van der Waals surface area contributed by atoms with Crippen molar-refractivity contribution < 1.29 is 0 Å². The van der Waals surface area contributed by atoms with Gasteiger partial charge in [-0.1, -0.05) is 50.2 Å². The highest BCUT2D eigenvalue weighted by molar-refractivity contribution is 7.28. The van der Waals surface area contributed by atoms with Crippen LogP contribution in [0.25, 0.3) is 40.3 Å². The zero-order valence-electron chi connectivity index (χ0n) is 13.1. The molecule has 0 aliphatic heterocycles. The average Bonchev–Trinajstić information content (AvgIpc) is 3.10. The largest absolute Gasteiger partial charge is 0.135 e. The van der Waals surface area contributed by atoms with Crippen molar-refractivity contribution in [2.75, 3.05) is 0 Å². The van der Waals surface area contributed by atoms with Gasteiger partial charge in [0.05, 0.1) is 0 Å². The van der Waals surface area contributed by atoms with E-state index in [9.17, 15) is 0 Å². The predicted octanol–water partition coefficient (Wildman–Crippen LogP) is 7.55. The lowest BCUT2D eigenvalue weighted by atomic mass is 9.97. The van der Waals surface area contributed by atoms with E-state index in [1.165, 1.54) is 45.9 Å². The van der Waals surface area contributed by atoms with Crippen LogP contribution in [0.3, 0.4) is 0 Å². The lowest BCUT2D eigenvalue weighted by Crippen LogP contribution is -1.87. The molecule has 0 nitrogen and oxygen atoms in total. The van der Waals surface area contributed by atoms with Crippen molar-refractivity contribution in [1.29, 1.82) is 0 Å². The Morgan fingerprint density at radius 3 is 1.61 bits per heavy atom. The Balaban J connectivity index is 2.10. The van der Waals surface area contributed by atoms with Crippen LogP contribution in [0.5, 0.6) is 0 Å². The molecule has 5 rings (SSSR count). The Morgan fingerprint density at radius 1 is 0.652 bits per heavy atom.